The molecule has 11 heteroatoms. The second kappa shape index (κ2) is 8.50. The van der Waals surface area contributed by atoms with Gasteiger partial charge in [-0.05, 0) is 38.5 Å². The summed E-state index contributed by atoms with van der Waals surface area (Å²) in [6.07, 6.45) is 3.13. The molecule has 4 N–H and O–H groups in total. The minimum absolute atomic E-state index is 0.108. The number of nitrogens with two attached hydrogens (primary N) is 1. The first-order chi connectivity index (χ1) is 14.5. The maximum Gasteiger partial charge on any atom is 0.275 e. The molecule has 0 aliphatic carbocycles. The Kier molecular flexibility index (Phi) is 6.16. The highest BCUT2D eigenvalue weighted by atomic mass is 32.2. The maximum atomic E-state index is 12.9. The van der Waals surface area contributed by atoms with E-state index in [1.807, 2.05) is 0 Å². The van der Waals surface area contributed by atoms with Crippen molar-refractivity contribution in [2.24, 2.45) is 5.73 Å². The van der Waals surface area contributed by atoms with Gasteiger partial charge in [0, 0.05) is 17.2 Å². The number of carbonyl (C=O) groups is 1. The Morgan fingerprint density at radius 1 is 1.35 bits per heavy atom. The van der Waals surface area contributed by atoms with Gasteiger partial charge in [0.15, 0.2) is 9.84 Å². The summed E-state index contributed by atoms with van der Waals surface area (Å²) >= 11 is 0. The third-order valence-corrected chi connectivity index (χ3v) is 7.96. The Balaban J connectivity index is 1.83. The molecule has 0 bridgehead atoms. The highest BCUT2D eigenvalue weighted by molar-refractivity contribution is 7.93. The molecule has 3 rings (SSSR count). The molecule has 0 radical (unpaired) electrons. The van der Waals surface area contributed by atoms with Gasteiger partial charge in [0.1, 0.15) is 22.0 Å². The van der Waals surface area contributed by atoms with E-state index in [9.17, 15) is 13.2 Å². The van der Waals surface area contributed by atoms with Crippen molar-refractivity contribution >= 4 is 27.3 Å². The molecule has 2 aromatic rings. The predicted molar refractivity (Wildman–Crippen MR) is 116 cm³/mol. The Morgan fingerprint density at radius 3 is 2.71 bits per heavy atom. The zero-order valence-electron chi connectivity index (χ0n) is 17.5. The van der Waals surface area contributed by atoms with E-state index in [1.165, 1.54) is 33.4 Å². The van der Waals surface area contributed by atoms with Crippen molar-refractivity contribution in [2.75, 3.05) is 24.8 Å². The van der Waals surface area contributed by atoms with Crippen LogP contribution in [0.5, 0.6) is 11.6 Å². The topological polar surface area (TPSA) is 157 Å². The fraction of sp³-hybridized carbons (Fsp3) is 0.400. The van der Waals surface area contributed by atoms with E-state index in [0.29, 0.717) is 35.9 Å². The number of amides is 1. The highest BCUT2D eigenvalue weighted by Gasteiger charge is 2.40. The molecule has 0 spiro atoms. The van der Waals surface area contributed by atoms with Gasteiger partial charge >= 0.3 is 0 Å². The van der Waals surface area contributed by atoms with Crippen molar-refractivity contribution < 1.29 is 22.7 Å². The molecular weight excluding hydrogens is 422 g/mol. The van der Waals surface area contributed by atoms with Gasteiger partial charge in [0.2, 0.25) is 5.88 Å². The number of fused-ring (bicyclic) bond motifs is 1. The van der Waals surface area contributed by atoms with Gasteiger partial charge in [-0.15, -0.1) is 0 Å². The van der Waals surface area contributed by atoms with E-state index in [0.717, 1.165) is 0 Å². The van der Waals surface area contributed by atoms with Crippen molar-refractivity contribution in [3.05, 3.63) is 41.9 Å². The van der Waals surface area contributed by atoms with Crippen LogP contribution in [-0.2, 0) is 9.84 Å². The average Bonchev–Trinajstić information content (AvgIpc) is 2.73. The summed E-state index contributed by atoms with van der Waals surface area (Å²) in [5.41, 5.74) is 6.78. The van der Waals surface area contributed by atoms with Gasteiger partial charge in [-0.1, -0.05) is 0 Å². The third-order valence-electron chi connectivity index (χ3n) is 5.35. The zero-order valence-corrected chi connectivity index (χ0v) is 18.3. The number of nitrogens with zero attached hydrogens (tertiary/aromatic N) is 2. The number of aromatic nitrogens is 2. The number of sulfone groups is 1. The molecular formula is C20H25N5O5S. The van der Waals surface area contributed by atoms with E-state index < -0.39 is 26.3 Å². The van der Waals surface area contributed by atoms with Crippen LogP contribution < -0.4 is 20.5 Å². The summed E-state index contributed by atoms with van der Waals surface area (Å²) < 4.78 is 35.0. The first-order valence-electron chi connectivity index (χ1n) is 9.56. The van der Waals surface area contributed by atoms with Crippen molar-refractivity contribution in [1.29, 1.82) is 5.41 Å². The number of benzene rings is 1. The number of nitrogens with one attached hydrogen (secondary N) is 2. The minimum Gasteiger partial charge on any atom is -0.493 e. The average molecular weight is 448 g/mol. The third kappa shape index (κ3) is 4.61. The smallest absolute Gasteiger partial charge is 0.275 e. The van der Waals surface area contributed by atoms with E-state index in [2.05, 4.69) is 15.3 Å². The summed E-state index contributed by atoms with van der Waals surface area (Å²) in [4.78, 5) is 20.4. The first kappa shape index (κ1) is 22.5. The summed E-state index contributed by atoms with van der Waals surface area (Å²) in [5.74, 6) is -0.549. The van der Waals surface area contributed by atoms with Crippen molar-refractivity contribution in [3.63, 3.8) is 0 Å². The number of methoxy groups -OCH3 is 1. The Labute approximate surface area is 180 Å². The Morgan fingerprint density at radius 2 is 2.10 bits per heavy atom. The molecule has 1 aliphatic heterocycles. The molecule has 10 nitrogen and oxygen atoms in total. The van der Waals surface area contributed by atoms with Gasteiger partial charge in [-0.3, -0.25) is 10.2 Å². The monoisotopic (exact) mass is 447 g/mol. The van der Waals surface area contributed by atoms with E-state index in [1.54, 1.807) is 18.2 Å². The zero-order chi connectivity index (χ0) is 22.8. The van der Waals surface area contributed by atoms with Gasteiger partial charge in [-0.2, -0.15) is 0 Å². The molecule has 1 aromatic carbocycles. The Bertz CT molecular complexity index is 1100. The van der Waals surface area contributed by atoms with Crippen molar-refractivity contribution in [1.82, 2.24) is 9.97 Å². The predicted octanol–water partition coefficient (Wildman–Crippen LogP) is 1.73. The Hall–Kier alpha value is -3.21. The second-order valence-electron chi connectivity index (χ2n) is 7.69. The van der Waals surface area contributed by atoms with Crippen molar-refractivity contribution in [2.45, 2.75) is 30.9 Å². The van der Waals surface area contributed by atoms with Crippen LogP contribution in [0.4, 0.5) is 5.69 Å². The summed E-state index contributed by atoms with van der Waals surface area (Å²) in [5, 5.41) is 10.4. The molecule has 31 heavy (non-hydrogen) atoms. The minimum atomic E-state index is -3.71. The number of rotatable bonds is 7. The maximum absolute atomic E-state index is 12.9. The van der Waals surface area contributed by atoms with Gasteiger partial charge in [-0.25, -0.2) is 18.4 Å². The second-order valence-corrected chi connectivity index (χ2v) is 10.3. The van der Waals surface area contributed by atoms with Crippen LogP contribution in [0.25, 0.3) is 0 Å². The summed E-state index contributed by atoms with van der Waals surface area (Å²) in [6, 6.07) is 5.06. The molecule has 2 heterocycles. The lowest BCUT2D eigenvalue weighted by Crippen LogP contribution is -2.47. The number of anilines is 1. The van der Waals surface area contributed by atoms with Crippen LogP contribution in [-0.4, -0.2) is 54.3 Å². The summed E-state index contributed by atoms with van der Waals surface area (Å²) in [7, 11) is -2.26. The first-order valence-corrected chi connectivity index (χ1v) is 11.2. The lowest BCUT2D eigenvalue weighted by Gasteiger charge is -2.30. The van der Waals surface area contributed by atoms with Crippen LogP contribution in [0.3, 0.4) is 0 Å². The quantitative estimate of drug-likeness (QED) is 0.428. The largest absolute Gasteiger partial charge is 0.493 e. The molecule has 1 amide bonds. The molecule has 0 saturated carbocycles. The standard InChI is InChI=1S/C20H25N5O5S/c1-20(2,19(21)22)31(27,28)11-12-6-7-30-16-5-4-13(8-14(12)16)25-18(26)15-9-24-17(29-3)10-23-15/h4-5,8-10,12H,6-7,11H2,1-3H3,(H3,21,22)(H,25,26). The van der Waals surface area contributed by atoms with E-state index in [4.69, 9.17) is 20.6 Å². The van der Waals surface area contributed by atoms with Crippen LogP contribution in [0.2, 0.25) is 0 Å². The lowest BCUT2D eigenvalue weighted by atomic mass is 9.94. The molecule has 166 valence electrons. The number of hydrogen-bond acceptors (Lipinski definition) is 8. The molecule has 0 saturated heterocycles. The van der Waals surface area contributed by atoms with Gasteiger partial charge < -0.3 is 20.5 Å². The van der Waals surface area contributed by atoms with Crippen LogP contribution >= 0.6 is 0 Å². The number of carbonyl (C=O) groups excluding carboxylic acids is 1. The molecule has 1 atom stereocenters. The molecule has 1 unspecified atom stereocenters. The van der Waals surface area contributed by atoms with E-state index >= 15 is 0 Å². The van der Waals surface area contributed by atoms with E-state index in [-0.39, 0.29) is 17.4 Å². The highest BCUT2D eigenvalue weighted by Crippen LogP contribution is 2.38. The van der Waals surface area contributed by atoms with Crippen LogP contribution in [0, 0.1) is 5.41 Å². The molecule has 0 fully saturated rings. The van der Waals surface area contributed by atoms with Crippen LogP contribution in [0.1, 0.15) is 42.2 Å². The SMILES string of the molecule is COc1cnc(C(=O)Nc2ccc3c(c2)C(CS(=O)(=O)C(C)(C)C(=N)N)CCO3)cn1. The number of ether oxygens (including phenoxy) is 2. The summed E-state index contributed by atoms with van der Waals surface area (Å²) in [6.45, 7) is 3.23. The number of hydrogen-bond donors (Lipinski definition) is 3. The molecule has 1 aromatic heterocycles. The van der Waals surface area contributed by atoms with Crippen molar-refractivity contribution in [3.8, 4) is 11.6 Å². The number of amidine groups is 1. The fourth-order valence-corrected chi connectivity index (χ4v) is 4.72. The van der Waals surface area contributed by atoms with Gasteiger partial charge in [0.05, 0.1) is 31.9 Å². The van der Waals surface area contributed by atoms with Crippen LogP contribution in [0.15, 0.2) is 30.6 Å². The normalized spacial score (nSPS) is 16.0. The van der Waals surface area contributed by atoms with Gasteiger partial charge in [0.25, 0.3) is 5.91 Å². The fourth-order valence-electron chi connectivity index (χ4n) is 3.09. The molecule has 1 aliphatic rings. The lowest BCUT2D eigenvalue weighted by molar-refractivity contribution is 0.102.